The highest BCUT2D eigenvalue weighted by molar-refractivity contribution is 6.40. The van der Waals surface area contributed by atoms with Gasteiger partial charge in [0.15, 0.2) is 0 Å². The molecule has 4 rings (SSSR count). The zero-order valence-corrected chi connectivity index (χ0v) is 17.8. The maximum atomic E-state index is 12.6. The first-order chi connectivity index (χ1) is 14.5. The van der Waals surface area contributed by atoms with Crippen LogP contribution in [0.2, 0.25) is 10.0 Å². The van der Waals surface area contributed by atoms with Crippen LogP contribution in [0.1, 0.15) is 29.4 Å². The van der Waals surface area contributed by atoms with Gasteiger partial charge in [0, 0.05) is 42.8 Å². The summed E-state index contributed by atoms with van der Waals surface area (Å²) in [6.45, 7) is 3.99. The molecule has 1 aromatic carbocycles. The summed E-state index contributed by atoms with van der Waals surface area (Å²) in [5.74, 6) is 1.54. The summed E-state index contributed by atoms with van der Waals surface area (Å²) in [6, 6.07) is 10.3. The lowest BCUT2D eigenvalue weighted by atomic mass is 10.2. The molecule has 3 aromatic rings. The largest absolute Gasteiger partial charge is 0.341 e. The molecule has 0 atom stereocenters. The lowest BCUT2D eigenvalue weighted by Crippen LogP contribution is -2.38. The predicted molar refractivity (Wildman–Crippen MR) is 120 cm³/mol. The number of nitrogens with one attached hydrogen (secondary N) is 2. The molecule has 2 N–H and O–H groups in total. The van der Waals surface area contributed by atoms with E-state index in [9.17, 15) is 4.79 Å². The van der Waals surface area contributed by atoms with Crippen molar-refractivity contribution in [3.8, 4) is 0 Å². The topological polar surface area (TPSA) is 83.0 Å². The van der Waals surface area contributed by atoms with E-state index >= 15 is 0 Å². The van der Waals surface area contributed by atoms with Crippen molar-refractivity contribution in [1.82, 2.24) is 15.0 Å². The molecule has 0 unspecified atom stereocenters. The number of anilines is 4. The van der Waals surface area contributed by atoms with Crippen molar-refractivity contribution in [2.24, 2.45) is 0 Å². The Morgan fingerprint density at radius 3 is 2.53 bits per heavy atom. The van der Waals surface area contributed by atoms with Crippen LogP contribution in [-0.4, -0.2) is 33.9 Å². The summed E-state index contributed by atoms with van der Waals surface area (Å²) in [7, 11) is 0. The predicted octanol–water partition coefficient (Wildman–Crippen LogP) is 4.95. The molecule has 1 aliphatic rings. The third kappa shape index (κ3) is 4.47. The fourth-order valence-electron chi connectivity index (χ4n) is 3.00. The quantitative estimate of drug-likeness (QED) is 0.561. The Hall–Kier alpha value is -2.90. The molecular weight excluding hydrogens is 423 g/mol. The minimum atomic E-state index is -0.391. The number of hydrogen-bond acceptors (Lipinski definition) is 6. The van der Waals surface area contributed by atoms with Gasteiger partial charge in [0.1, 0.15) is 11.6 Å². The Bertz CT molecular complexity index is 1070. The number of rotatable bonds is 6. The number of benzene rings is 1. The van der Waals surface area contributed by atoms with Crippen LogP contribution in [-0.2, 0) is 6.42 Å². The molecule has 0 aliphatic carbocycles. The molecule has 0 radical (unpaired) electrons. The molecule has 7 nitrogen and oxygen atoms in total. The van der Waals surface area contributed by atoms with Crippen LogP contribution in [0.5, 0.6) is 0 Å². The van der Waals surface area contributed by atoms with Crippen LogP contribution in [0.4, 0.5) is 23.3 Å². The lowest BCUT2D eigenvalue weighted by Gasteiger charge is -2.31. The molecule has 0 bridgehead atoms. The third-order valence-corrected chi connectivity index (χ3v) is 5.36. The van der Waals surface area contributed by atoms with E-state index in [4.69, 9.17) is 23.2 Å². The summed E-state index contributed by atoms with van der Waals surface area (Å²) in [6.07, 6.45) is 3.56. The van der Waals surface area contributed by atoms with E-state index in [-0.39, 0.29) is 5.56 Å². The smallest absolute Gasteiger partial charge is 0.258 e. The van der Waals surface area contributed by atoms with Crippen molar-refractivity contribution in [2.75, 3.05) is 28.6 Å². The SMILES string of the molecule is CCc1cc(Nc2cc(NC(=O)c3c(Cl)cccc3Cl)ccn2)nc(N2CCC2)n1. The van der Waals surface area contributed by atoms with Gasteiger partial charge in [-0.3, -0.25) is 4.79 Å². The van der Waals surface area contributed by atoms with Crippen LogP contribution in [0.25, 0.3) is 0 Å². The van der Waals surface area contributed by atoms with E-state index in [1.807, 2.05) is 6.07 Å². The molecule has 3 heterocycles. The van der Waals surface area contributed by atoms with Gasteiger partial charge in [0.25, 0.3) is 5.91 Å². The van der Waals surface area contributed by atoms with Gasteiger partial charge in [-0.25, -0.2) is 9.97 Å². The van der Waals surface area contributed by atoms with Gasteiger partial charge in [0.05, 0.1) is 15.6 Å². The van der Waals surface area contributed by atoms with Crippen molar-refractivity contribution in [1.29, 1.82) is 0 Å². The maximum absolute atomic E-state index is 12.6. The molecule has 1 amide bonds. The molecule has 1 aliphatic heterocycles. The standard InChI is InChI=1S/C21H20Cl2N6O/c1-2-13-11-18(28-21(26-13)29-9-4-10-29)27-17-12-14(7-8-24-17)25-20(30)19-15(22)5-3-6-16(19)23/h3,5-8,11-12H,2,4,9-10H2,1H3,(H2,24,25,26,27,28,30). The van der Waals surface area contributed by atoms with E-state index in [0.717, 1.165) is 37.6 Å². The number of halogens is 2. The molecule has 30 heavy (non-hydrogen) atoms. The average molecular weight is 443 g/mol. The number of hydrogen-bond donors (Lipinski definition) is 2. The van der Waals surface area contributed by atoms with Crippen LogP contribution in [0, 0.1) is 0 Å². The number of carbonyl (C=O) groups is 1. The van der Waals surface area contributed by atoms with Crippen molar-refractivity contribution in [2.45, 2.75) is 19.8 Å². The fourth-order valence-corrected chi connectivity index (χ4v) is 3.57. The van der Waals surface area contributed by atoms with Gasteiger partial charge in [0.2, 0.25) is 5.95 Å². The maximum Gasteiger partial charge on any atom is 0.258 e. The minimum absolute atomic E-state index is 0.231. The lowest BCUT2D eigenvalue weighted by molar-refractivity contribution is 0.102. The highest BCUT2D eigenvalue weighted by Crippen LogP contribution is 2.26. The van der Waals surface area contributed by atoms with E-state index in [2.05, 4.69) is 37.4 Å². The minimum Gasteiger partial charge on any atom is -0.341 e. The molecular formula is C21H20Cl2N6O. The third-order valence-electron chi connectivity index (χ3n) is 4.73. The number of aromatic nitrogens is 3. The molecule has 9 heteroatoms. The highest BCUT2D eigenvalue weighted by Gasteiger charge is 2.19. The second-order valence-electron chi connectivity index (χ2n) is 6.84. The van der Waals surface area contributed by atoms with Gasteiger partial charge < -0.3 is 15.5 Å². The van der Waals surface area contributed by atoms with Crippen molar-refractivity contribution in [3.05, 3.63) is 63.9 Å². The second-order valence-corrected chi connectivity index (χ2v) is 7.66. The number of amides is 1. The van der Waals surface area contributed by atoms with Crippen molar-refractivity contribution < 1.29 is 4.79 Å². The van der Waals surface area contributed by atoms with Crippen LogP contribution < -0.4 is 15.5 Å². The Balaban J connectivity index is 1.53. The Labute approximate surface area is 184 Å². The zero-order valence-electron chi connectivity index (χ0n) is 16.3. The molecule has 1 fully saturated rings. The first-order valence-electron chi connectivity index (χ1n) is 9.65. The van der Waals surface area contributed by atoms with E-state index in [1.54, 1.807) is 36.5 Å². The Morgan fingerprint density at radius 2 is 1.87 bits per heavy atom. The summed E-state index contributed by atoms with van der Waals surface area (Å²) in [4.78, 5) is 28.3. The van der Waals surface area contributed by atoms with E-state index < -0.39 is 5.91 Å². The second kappa shape index (κ2) is 8.85. The van der Waals surface area contributed by atoms with Gasteiger partial charge in [-0.15, -0.1) is 0 Å². The molecule has 1 saturated heterocycles. The zero-order chi connectivity index (χ0) is 21.1. The van der Waals surface area contributed by atoms with Gasteiger partial charge in [-0.05, 0) is 31.0 Å². The summed E-state index contributed by atoms with van der Waals surface area (Å²) in [5, 5.41) is 6.60. The van der Waals surface area contributed by atoms with Crippen LogP contribution in [0.15, 0.2) is 42.6 Å². The number of aryl methyl sites for hydroxylation is 1. The van der Waals surface area contributed by atoms with Crippen molar-refractivity contribution >= 4 is 52.4 Å². The summed E-state index contributed by atoms with van der Waals surface area (Å²) in [5.41, 5.74) is 1.74. The summed E-state index contributed by atoms with van der Waals surface area (Å²) < 4.78 is 0. The molecule has 0 saturated carbocycles. The summed E-state index contributed by atoms with van der Waals surface area (Å²) >= 11 is 12.3. The van der Waals surface area contributed by atoms with Gasteiger partial charge in [-0.2, -0.15) is 4.98 Å². The Morgan fingerprint density at radius 1 is 1.10 bits per heavy atom. The number of carbonyl (C=O) groups excluding carboxylic acids is 1. The Kier molecular flexibility index (Phi) is 6.01. The first kappa shape index (κ1) is 20.4. The first-order valence-corrected chi connectivity index (χ1v) is 10.4. The monoisotopic (exact) mass is 442 g/mol. The molecule has 2 aromatic heterocycles. The van der Waals surface area contributed by atoms with Crippen LogP contribution in [0.3, 0.4) is 0 Å². The fraction of sp³-hybridized carbons (Fsp3) is 0.238. The van der Waals surface area contributed by atoms with Gasteiger partial charge >= 0.3 is 0 Å². The van der Waals surface area contributed by atoms with Crippen molar-refractivity contribution in [3.63, 3.8) is 0 Å². The van der Waals surface area contributed by atoms with E-state index in [1.165, 1.54) is 0 Å². The van der Waals surface area contributed by atoms with Crippen LogP contribution >= 0.6 is 23.2 Å². The van der Waals surface area contributed by atoms with Gasteiger partial charge in [-0.1, -0.05) is 36.2 Å². The highest BCUT2D eigenvalue weighted by atomic mass is 35.5. The average Bonchev–Trinajstić information content (AvgIpc) is 2.66. The normalized spacial score (nSPS) is 13.0. The molecule has 154 valence electrons. The number of pyridine rings is 1. The molecule has 0 spiro atoms. The van der Waals surface area contributed by atoms with E-state index in [0.29, 0.717) is 27.4 Å². The number of nitrogens with zero attached hydrogens (tertiary/aromatic N) is 4.